The van der Waals surface area contributed by atoms with Crippen LogP contribution in [0.25, 0.3) is 0 Å². The molecule has 1 atom stereocenters. The Morgan fingerprint density at radius 3 is 3.12 bits per heavy atom. The van der Waals surface area contributed by atoms with Gasteiger partial charge in [-0.1, -0.05) is 6.07 Å². The molecule has 0 saturated heterocycles. The number of methoxy groups -OCH3 is 1. The van der Waals surface area contributed by atoms with Crippen molar-refractivity contribution >= 4 is 11.6 Å². The summed E-state index contributed by atoms with van der Waals surface area (Å²) < 4.78 is 10.6. The number of ether oxygens (including phenoxy) is 2. The zero-order valence-electron chi connectivity index (χ0n) is 9.91. The minimum Gasteiger partial charge on any atom is -0.508 e. The number of aromatic hydroxyl groups is 1. The SMILES string of the molecule is COCC(Cl)c1c(O)ccc2c1CCCOC2. The summed E-state index contributed by atoms with van der Waals surface area (Å²) in [7, 11) is 1.61. The van der Waals surface area contributed by atoms with E-state index in [1.54, 1.807) is 13.2 Å². The third kappa shape index (κ3) is 2.73. The van der Waals surface area contributed by atoms with Gasteiger partial charge in [-0.25, -0.2) is 0 Å². The molecule has 1 aliphatic heterocycles. The lowest BCUT2D eigenvalue weighted by molar-refractivity contribution is 0.125. The van der Waals surface area contributed by atoms with Gasteiger partial charge in [-0.05, 0) is 30.0 Å². The van der Waals surface area contributed by atoms with Crippen LogP contribution in [0.15, 0.2) is 12.1 Å². The van der Waals surface area contributed by atoms with Gasteiger partial charge in [0.1, 0.15) is 5.75 Å². The van der Waals surface area contributed by atoms with Gasteiger partial charge in [-0.15, -0.1) is 11.6 Å². The van der Waals surface area contributed by atoms with Gasteiger partial charge in [-0.2, -0.15) is 0 Å². The Bertz CT molecular complexity index is 392. The Hall–Kier alpha value is -0.770. The molecule has 4 heteroatoms. The summed E-state index contributed by atoms with van der Waals surface area (Å²) in [6.07, 6.45) is 1.85. The van der Waals surface area contributed by atoms with Crippen LogP contribution in [0.3, 0.4) is 0 Å². The quantitative estimate of drug-likeness (QED) is 0.846. The van der Waals surface area contributed by atoms with Crippen molar-refractivity contribution in [1.29, 1.82) is 0 Å². The first-order valence-electron chi connectivity index (χ1n) is 5.78. The maximum Gasteiger partial charge on any atom is 0.120 e. The molecule has 94 valence electrons. The highest BCUT2D eigenvalue weighted by Gasteiger charge is 2.21. The van der Waals surface area contributed by atoms with Crippen LogP contribution in [0.2, 0.25) is 0 Å². The van der Waals surface area contributed by atoms with Crippen LogP contribution in [0.5, 0.6) is 5.75 Å². The van der Waals surface area contributed by atoms with Crippen molar-refractivity contribution in [3.63, 3.8) is 0 Å². The summed E-state index contributed by atoms with van der Waals surface area (Å²) in [6.45, 7) is 1.75. The molecule has 3 nitrogen and oxygen atoms in total. The number of phenolic OH excluding ortho intramolecular Hbond substituents is 1. The molecular formula is C13H17ClO3. The van der Waals surface area contributed by atoms with Crippen molar-refractivity contribution in [2.45, 2.75) is 24.8 Å². The molecule has 1 aromatic rings. The van der Waals surface area contributed by atoms with Gasteiger partial charge in [-0.3, -0.25) is 0 Å². The lowest BCUT2D eigenvalue weighted by atomic mass is 9.95. The van der Waals surface area contributed by atoms with E-state index in [1.807, 2.05) is 6.07 Å². The Morgan fingerprint density at radius 1 is 1.53 bits per heavy atom. The summed E-state index contributed by atoms with van der Waals surface area (Å²) >= 11 is 6.28. The first-order chi connectivity index (χ1) is 8.24. The number of fused-ring (bicyclic) bond motifs is 1. The van der Waals surface area contributed by atoms with Gasteiger partial charge in [0.15, 0.2) is 0 Å². The highest BCUT2D eigenvalue weighted by atomic mass is 35.5. The van der Waals surface area contributed by atoms with E-state index in [0.717, 1.165) is 36.1 Å². The van der Waals surface area contributed by atoms with E-state index >= 15 is 0 Å². The van der Waals surface area contributed by atoms with Gasteiger partial charge in [0.05, 0.1) is 18.6 Å². The molecule has 1 unspecified atom stereocenters. The van der Waals surface area contributed by atoms with Gasteiger partial charge >= 0.3 is 0 Å². The molecule has 1 N–H and O–H groups in total. The Kier molecular flexibility index (Phi) is 4.26. The van der Waals surface area contributed by atoms with Gasteiger partial charge in [0, 0.05) is 19.3 Å². The second kappa shape index (κ2) is 5.71. The second-order valence-electron chi connectivity index (χ2n) is 4.22. The summed E-state index contributed by atoms with van der Waals surface area (Å²) in [4.78, 5) is 0. The molecule has 0 spiro atoms. The highest BCUT2D eigenvalue weighted by molar-refractivity contribution is 6.21. The molecule has 1 aliphatic rings. The summed E-state index contributed by atoms with van der Waals surface area (Å²) in [5, 5.41) is 9.66. The lowest BCUT2D eigenvalue weighted by Crippen LogP contribution is -2.06. The number of hydrogen-bond donors (Lipinski definition) is 1. The van der Waals surface area contributed by atoms with Crippen molar-refractivity contribution in [2.24, 2.45) is 0 Å². The van der Waals surface area contributed by atoms with Gasteiger partial charge in [0.2, 0.25) is 0 Å². The average Bonchev–Trinajstić information content (AvgIpc) is 2.54. The van der Waals surface area contributed by atoms with Crippen molar-refractivity contribution < 1.29 is 14.6 Å². The monoisotopic (exact) mass is 256 g/mol. The van der Waals surface area contributed by atoms with E-state index < -0.39 is 0 Å². The van der Waals surface area contributed by atoms with Crippen molar-refractivity contribution in [3.8, 4) is 5.75 Å². The summed E-state index contributed by atoms with van der Waals surface area (Å²) in [6, 6.07) is 3.60. The van der Waals surface area contributed by atoms with Gasteiger partial charge < -0.3 is 14.6 Å². The number of rotatable bonds is 3. The average molecular weight is 257 g/mol. The molecule has 0 fully saturated rings. The van der Waals surface area contributed by atoms with Crippen LogP contribution in [-0.4, -0.2) is 25.4 Å². The van der Waals surface area contributed by atoms with Crippen LogP contribution in [0.1, 0.15) is 28.5 Å². The molecule has 1 heterocycles. The van der Waals surface area contributed by atoms with E-state index in [1.165, 1.54) is 0 Å². The highest BCUT2D eigenvalue weighted by Crippen LogP contribution is 2.36. The Morgan fingerprint density at radius 2 is 2.35 bits per heavy atom. The molecule has 0 saturated carbocycles. The molecule has 2 rings (SSSR count). The predicted molar refractivity (Wildman–Crippen MR) is 66.6 cm³/mol. The number of halogens is 1. The largest absolute Gasteiger partial charge is 0.508 e. The van der Waals surface area contributed by atoms with Gasteiger partial charge in [0.25, 0.3) is 0 Å². The fourth-order valence-corrected chi connectivity index (χ4v) is 2.61. The lowest BCUT2D eigenvalue weighted by Gasteiger charge is -2.17. The fourth-order valence-electron chi connectivity index (χ4n) is 2.24. The van der Waals surface area contributed by atoms with E-state index in [4.69, 9.17) is 21.1 Å². The minimum absolute atomic E-state index is 0.253. The standard InChI is InChI=1S/C13H17ClO3/c1-16-8-11(14)13-10-3-2-6-17-7-9(10)4-5-12(13)15/h4-5,11,15H,2-3,6-8H2,1H3. The zero-order chi connectivity index (χ0) is 12.3. The molecule has 17 heavy (non-hydrogen) atoms. The van der Waals surface area contributed by atoms with Crippen LogP contribution >= 0.6 is 11.6 Å². The maximum atomic E-state index is 9.97. The number of hydrogen-bond acceptors (Lipinski definition) is 3. The molecule has 0 radical (unpaired) electrons. The van der Waals surface area contributed by atoms with Crippen molar-refractivity contribution in [3.05, 3.63) is 28.8 Å². The molecule has 0 bridgehead atoms. The number of alkyl halides is 1. The van der Waals surface area contributed by atoms with E-state index in [2.05, 4.69) is 0 Å². The van der Waals surface area contributed by atoms with Crippen LogP contribution in [-0.2, 0) is 22.5 Å². The van der Waals surface area contributed by atoms with Crippen molar-refractivity contribution in [1.82, 2.24) is 0 Å². The first-order valence-corrected chi connectivity index (χ1v) is 6.22. The molecular weight excluding hydrogens is 240 g/mol. The fraction of sp³-hybridized carbons (Fsp3) is 0.538. The zero-order valence-corrected chi connectivity index (χ0v) is 10.7. The summed E-state index contributed by atoms with van der Waals surface area (Å²) in [5.74, 6) is 0.253. The minimum atomic E-state index is -0.312. The van der Waals surface area contributed by atoms with Crippen LogP contribution in [0, 0.1) is 0 Å². The second-order valence-corrected chi connectivity index (χ2v) is 4.74. The Balaban J connectivity index is 2.41. The molecule has 0 aliphatic carbocycles. The normalized spacial score (nSPS) is 17.3. The van der Waals surface area contributed by atoms with Crippen molar-refractivity contribution in [2.75, 3.05) is 20.3 Å². The van der Waals surface area contributed by atoms with Crippen LogP contribution in [0.4, 0.5) is 0 Å². The molecule has 1 aromatic carbocycles. The van der Waals surface area contributed by atoms with E-state index in [9.17, 15) is 5.11 Å². The summed E-state index contributed by atoms with van der Waals surface area (Å²) in [5.41, 5.74) is 3.05. The number of phenols is 1. The maximum absolute atomic E-state index is 9.97. The van der Waals surface area contributed by atoms with Crippen LogP contribution < -0.4 is 0 Å². The third-order valence-electron chi connectivity index (χ3n) is 3.03. The third-order valence-corrected chi connectivity index (χ3v) is 3.37. The Labute approximate surface area is 106 Å². The number of benzene rings is 1. The van der Waals surface area contributed by atoms with E-state index in [-0.39, 0.29) is 11.1 Å². The topological polar surface area (TPSA) is 38.7 Å². The molecule has 0 amide bonds. The smallest absolute Gasteiger partial charge is 0.120 e. The first kappa shape index (κ1) is 12.7. The molecule has 0 aromatic heterocycles. The predicted octanol–water partition coefficient (Wildman–Crippen LogP) is 2.78. The van der Waals surface area contributed by atoms with E-state index in [0.29, 0.717) is 13.2 Å².